The molecule has 3 rings (SSSR count). The summed E-state index contributed by atoms with van der Waals surface area (Å²) < 4.78 is 30.1. The van der Waals surface area contributed by atoms with E-state index in [4.69, 9.17) is 14.2 Å². The lowest BCUT2D eigenvalue weighted by molar-refractivity contribution is 0.311. The van der Waals surface area contributed by atoms with Crippen LogP contribution in [0.25, 0.3) is 0 Å². The van der Waals surface area contributed by atoms with Gasteiger partial charge in [-0.05, 0) is 37.3 Å². The molecule has 31 heavy (non-hydrogen) atoms. The minimum atomic E-state index is -0.372. The highest BCUT2D eigenvalue weighted by Gasteiger charge is 2.10. The molecular formula is C23H25FN4O3. The Morgan fingerprint density at radius 1 is 1.10 bits per heavy atom. The Balaban J connectivity index is 1.68. The van der Waals surface area contributed by atoms with E-state index in [1.54, 1.807) is 32.5 Å². The highest BCUT2D eigenvalue weighted by molar-refractivity contribution is 5.93. The topological polar surface area (TPSA) is 77.0 Å². The molecule has 0 atom stereocenters. The van der Waals surface area contributed by atoms with Gasteiger partial charge in [0.1, 0.15) is 11.6 Å². The zero-order chi connectivity index (χ0) is 22.1. The van der Waals surface area contributed by atoms with Gasteiger partial charge in [0.15, 0.2) is 17.5 Å². The van der Waals surface area contributed by atoms with Gasteiger partial charge >= 0.3 is 0 Å². The van der Waals surface area contributed by atoms with Crippen LogP contribution >= 0.6 is 0 Å². The first-order valence-corrected chi connectivity index (χ1v) is 9.78. The van der Waals surface area contributed by atoms with Crippen molar-refractivity contribution in [2.75, 3.05) is 26.1 Å². The van der Waals surface area contributed by atoms with Gasteiger partial charge in [-0.3, -0.25) is 4.99 Å². The predicted octanol–water partition coefficient (Wildman–Crippen LogP) is 4.61. The largest absolute Gasteiger partial charge is 0.493 e. The lowest BCUT2D eigenvalue weighted by Crippen LogP contribution is -2.30. The first-order valence-electron chi connectivity index (χ1n) is 9.78. The lowest BCUT2D eigenvalue weighted by atomic mass is 10.2. The average Bonchev–Trinajstić information content (AvgIpc) is 2.78. The maximum Gasteiger partial charge on any atom is 0.224 e. The standard InChI is InChI=1S/C23H25FN4O3/c1-4-30-21-14-18(10-11-20(21)29-3)28-23(25-2)27-15-16-7-6-12-26-22(16)31-19-9-5-8-17(24)13-19/h5-14H,4,15H2,1-3H3,(H2,25,27,28). The molecule has 0 amide bonds. The number of hydrogen-bond donors (Lipinski definition) is 2. The molecule has 3 aromatic rings. The third-order valence-electron chi connectivity index (χ3n) is 4.26. The molecule has 0 radical (unpaired) electrons. The molecule has 162 valence electrons. The summed E-state index contributed by atoms with van der Waals surface area (Å²) in [6, 6.07) is 15.2. The third-order valence-corrected chi connectivity index (χ3v) is 4.26. The highest BCUT2D eigenvalue weighted by atomic mass is 19.1. The Bertz CT molecular complexity index is 1040. The lowest BCUT2D eigenvalue weighted by Gasteiger charge is -2.15. The number of anilines is 1. The summed E-state index contributed by atoms with van der Waals surface area (Å²) in [7, 11) is 3.28. The molecule has 1 heterocycles. The van der Waals surface area contributed by atoms with Crippen LogP contribution in [0.2, 0.25) is 0 Å². The number of benzene rings is 2. The number of nitrogens with one attached hydrogen (secondary N) is 2. The number of rotatable bonds is 8. The van der Waals surface area contributed by atoms with Crippen LogP contribution in [0.1, 0.15) is 12.5 Å². The summed E-state index contributed by atoms with van der Waals surface area (Å²) in [5, 5.41) is 6.44. The van der Waals surface area contributed by atoms with Crippen LogP contribution in [-0.2, 0) is 6.54 Å². The van der Waals surface area contributed by atoms with E-state index in [0.717, 1.165) is 11.3 Å². The van der Waals surface area contributed by atoms with Crippen molar-refractivity contribution in [3.63, 3.8) is 0 Å². The van der Waals surface area contributed by atoms with Crippen LogP contribution < -0.4 is 24.8 Å². The molecule has 2 aromatic carbocycles. The van der Waals surface area contributed by atoms with Gasteiger partial charge in [-0.1, -0.05) is 12.1 Å². The molecule has 8 heteroatoms. The molecule has 1 aromatic heterocycles. The van der Waals surface area contributed by atoms with E-state index in [0.29, 0.717) is 42.2 Å². The molecule has 0 bridgehead atoms. The molecule has 0 aliphatic carbocycles. The van der Waals surface area contributed by atoms with Crippen LogP contribution in [0.4, 0.5) is 10.1 Å². The van der Waals surface area contributed by atoms with Gasteiger partial charge in [0, 0.05) is 43.2 Å². The SMILES string of the molecule is CCOc1cc(NC(=NC)NCc2cccnc2Oc2cccc(F)c2)ccc1OC. The number of nitrogens with zero attached hydrogens (tertiary/aromatic N) is 2. The monoisotopic (exact) mass is 424 g/mol. The number of guanidine groups is 1. The number of methoxy groups -OCH3 is 1. The molecule has 0 aliphatic rings. The smallest absolute Gasteiger partial charge is 0.224 e. The summed E-state index contributed by atoms with van der Waals surface area (Å²) in [6.07, 6.45) is 1.62. The van der Waals surface area contributed by atoms with Gasteiger partial charge in [-0.15, -0.1) is 0 Å². The minimum absolute atomic E-state index is 0.372. The van der Waals surface area contributed by atoms with E-state index < -0.39 is 0 Å². The fourth-order valence-electron chi connectivity index (χ4n) is 2.81. The van der Waals surface area contributed by atoms with E-state index in [1.807, 2.05) is 37.3 Å². The molecule has 7 nitrogen and oxygen atoms in total. The number of ether oxygens (including phenoxy) is 3. The quantitative estimate of drug-likeness (QED) is 0.406. The van der Waals surface area contributed by atoms with E-state index in [9.17, 15) is 4.39 Å². The predicted molar refractivity (Wildman–Crippen MR) is 119 cm³/mol. The molecular weight excluding hydrogens is 399 g/mol. The Labute approximate surface area is 180 Å². The van der Waals surface area contributed by atoms with Gasteiger partial charge in [0.25, 0.3) is 0 Å². The maximum absolute atomic E-state index is 13.4. The number of aromatic nitrogens is 1. The zero-order valence-electron chi connectivity index (χ0n) is 17.7. The van der Waals surface area contributed by atoms with Crippen molar-refractivity contribution < 1.29 is 18.6 Å². The number of aliphatic imine (C=N–C) groups is 1. The molecule has 0 aliphatic heterocycles. The van der Waals surface area contributed by atoms with E-state index in [1.165, 1.54) is 12.1 Å². The Hall–Kier alpha value is -3.81. The van der Waals surface area contributed by atoms with Crippen molar-refractivity contribution in [1.82, 2.24) is 10.3 Å². The van der Waals surface area contributed by atoms with Gasteiger partial charge in [-0.2, -0.15) is 0 Å². The van der Waals surface area contributed by atoms with Crippen molar-refractivity contribution >= 4 is 11.6 Å². The fraction of sp³-hybridized carbons (Fsp3) is 0.217. The van der Waals surface area contributed by atoms with E-state index in [-0.39, 0.29) is 5.82 Å². The zero-order valence-corrected chi connectivity index (χ0v) is 17.7. The average molecular weight is 424 g/mol. The van der Waals surface area contributed by atoms with Crippen molar-refractivity contribution in [1.29, 1.82) is 0 Å². The summed E-state index contributed by atoms with van der Waals surface area (Å²) in [6.45, 7) is 2.84. The van der Waals surface area contributed by atoms with Crippen molar-refractivity contribution in [3.05, 3.63) is 72.2 Å². The summed E-state index contributed by atoms with van der Waals surface area (Å²) in [5.74, 6) is 2.24. The number of halogens is 1. The van der Waals surface area contributed by atoms with Gasteiger partial charge in [-0.25, -0.2) is 9.37 Å². The summed E-state index contributed by atoms with van der Waals surface area (Å²) in [5.41, 5.74) is 1.58. The first-order chi connectivity index (χ1) is 15.1. The van der Waals surface area contributed by atoms with Crippen LogP contribution in [-0.4, -0.2) is 31.7 Å². The van der Waals surface area contributed by atoms with Crippen LogP contribution in [0.3, 0.4) is 0 Å². The second-order valence-electron chi connectivity index (χ2n) is 6.38. The van der Waals surface area contributed by atoms with Crippen LogP contribution in [0.15, 0.2) is 65.8 Å². The Morgan fingerprint density at radius 3 is 2.71 bits per heavy atom. The number of pyridine rings is 1. The summed E-state index contributed by atoms with van der Waals surface area (Å²) >= 11 is 0. The van der Waals surface area contributed by atoms with E-state index in [2.05, 4.69) is 20.6 Å². The highest BCUT2D eigenvalue weighted by Crippen LogP contribution is 2.30. The van der Waals surface area contributed by atoms with Crippen LogP contribution in [0, 0.1) is 5.82 Å². The molecule has 0 saturated carbocycles. The number of hydrogen-bond acceptors (Lipinski definition) is 5. The van der Waals surface area contributed by atoms with Crippen molar-refractivity contribution in [3.8, 4) is 23.1 Å². The Morgan fingerprint density at radius 2 is 1.97 bits per heavy atom. The molecule has 0 unspecified atom stereocenters. The van der Waals surface area contributed by atoms with Crippen molar-refractivity contribution in [2.45, 2.75) is 13.5 Å². The van der Waals surface area contributed by atoms with E-state index >= 15 is 0 Å². The maximum atomic E-state index is 13.4. The first kappa shape index (κ1) is 21.9. The minimum Gasteiger partial charge on any atom is -0.493 e. The Kier molecular flexibility index (Phi) is 7.64. The van der Waals surface area contributed by atoms with Gasteiger partial charge < -0.3 is 24.8 Å². The second kappa shape index (κ2) is 10.8. The summed E-state index contributed by atoms with van der Waals surface area (Å²) in [4.78, 5) is 8.52. The molecule has 0 spiro atoms. The molecule has 0 saturated heterocycles. The fourth-order valence-corrected chi connectivity index (χ4v) is 2.81. The molecule has 2 N–H and O–H groups in total. The third kappa shape index (κ3) is 6.08. The van der Waals surface area contributed by atoms with Crippen LogP contribution in [0.5, 0.6) is 23.1 Å². The second-order valence-corrected chi connectivity index (χ2v) is 6.38. The van der Waals surface area contributed by atoms with Crippen molar-refractivity contribution in [2.24, 2.45) is 4.99 Å². The normalized spacial score (nSPS) is 11.0. The van der Waals surface area contributed by atoms with Gasteiger partial charge in [0.2, 0.25) is 5.88 Å². The molecule has 0 fully saturated rings. The van der Waals surface area contributed by atoms with Gasteiger partial charge in [0.05, 0.1) is 13.7 Å².